The fourth-order valence-electron chi connectivity index (χ4n) is 1.92. The van der Waals surface area contributed by atoms with Crippen LogP contribution in [0.25, 0.3) is 0 Å². The van der Waals surface area contributed by atoms with Gasteiger partial charge in [-0.3, -0.25) is 9.63 Å². The molecule has 0 bridgehead atoms. The summed E-state index contributed by atoms with van der Waals surface area (Å²) < 4.78 is 0. The second kappa shape index (κ2) is 6.55. The molecule has 1 amide bonds. The number of benzene rings is 1. The van der Waals surface area contributed by atoms with Crippen LogP contribution in [-0.4, -0.2) is 25.1 Å². The van der Waals surface area contributed by atoms with Gasteiger partial charge in [0.2, 0.25) is 0 Å². The minimum atomic E-state index is -0.178. The number of nitrogens with zero attached hydrogens (tertiary/aromatic N) is 1. The standard InChI is InChI=1S/C15H23NO2/c1-11(2)10-13-6-8-14(9-7-13)12(3)15(17)16(4)18-5/h6-9,11-12H,10H2,1-5H3/t12-/m0/s1. The molecule has 1 aromatic rings. The zero-order valence-electron chi connectivity index (χ0n) is 11.9. The van der Waals surface area contributed by atoms with Gasteiger partial charge in [0.25, 0.3) is 5.91 Å². The monoisotopic (exact) mass is 249 g/mol. The molecule has 0 fully saturated rings. The van der Waals surface area contributed by atoms with E-state index < -0.39 is 0 Å². The molecule has 1 rings (SSSR count). The summed E-state index contributed by atoms with van der Waals surface area (Å²) in [4.78, 5) is 16.9. The fraction of sp³-hybridized carbons (Fsp3) is 0.533. The summed E-state index contributed by atoms with van der Waals surface area (Å²) in [7, 11) is 3.13. The van der Waals surface area contributed by atoms with Gasteiger partial charge in [-0.1, -0.05) is 38.1 Å². The van der Waals surface area contributed by atoms with Crippen molar-refractivity contribution >= 4 is 5.91 Å². The topological polar surface area (TPSA) is 29.5 Å². The first-order chi connectivity index (χ1) is 8.45. The molecule has 0 saturated heterocycles. The number of hydrogen-bond donors (Lipinski definition) is 0. The van der Waals surface area contributed by atoms with Gasteiger partial charge in [0.05, 0.1) is 13.0 Å². The van der Waals surface area contributed by atoms with Crippen LogP contribution in [0.5, 0.6) is 0 Å². The van der Waals surface area contributed by atoms with Gasteiger partial charge in [0.1, 0.15) is 0 Å². The molecule has 1 atom stereocenters. The first kappa shape index (κ1) is 14.7. The number of likely N-dealkylation sites (N-methyl/N-ethyl adjacent to an activating group) is 1. The van der Waals surface area contributed by atoms with E-state index in [1.165, 1.54) is 17.7 Å². The van der Waals surface area contributed by atoms with Gasteiger partial charge in [0, 0.05) is 7.05 Å². The van der Waals surface area contributed by atoms with Crippen molar-refractivity contribution in [1.29, 1.82) is 0 Å². The molecule has 3 nitrogen and oxygen atoms in total. The van der Waals surface area contributed by atoms with Crippen LogP contribution in [-0.2, 0) is 16.1 Å². The molecule has 1 aromatic carbocycles. The SMILES string of the molecule is CON(C)C(=O)[C@@H](C)c1ccc(CC(C)C)cc1. The predicted molar refractivity (Wildman–Crippen MR) is 73.2 cm³/mol. The van der Waals surface area contributed by atoms with E-state index in [9.17, 15) is 4.79 Å². The van der Waals surface area contributed by atoms with Gasteiger partial charge in [-0.2, -0.15) is 0 Å². The van der Waals surface area contributed by atoms with E-state index in [-0.39, 0.29) is 11.8 Å². The third-order valence-corrected chi connectivity index (χ3v) is 3.08. The molecule has 0 saturated carbocycles. The molecule has 0 aliphatic rings. The quantitative estimate of drug-likeness (QED) is 0.751. The predicted octanol–water partition coefficient (Wildman–Crippen LogP) is 3.01. The first-order valence-electron chi connectivity index (χ1n) is 6.36. The van der Waals surface area contributed by atoms with E-state index >= 15 is 0 Å². The summed E-state index contributed by atoms with van der Waals surface area (Å²) in [5.41, 5.74) is 2.34. The van der Waals surface area contributed by atoms with Gasteiger partial charge in [-0.05, 0) is 30.4 Å². The number of amides is 1. The Morgan fingerprint density at radius 3 is 2.22 bits per heavy atom. The Labute approximate surface area is 110 Å². The maximum Gasteiger partial charge on any atom is 0.253 e. The summed E-state index contributed by atoms with van der Waals surface area (Å²) >= 11 is 0. The molecule has 0 heterocycles. The van der Waals surface area contributed by atoms with E-state index in [2.05, 4.69) is 26.0 Å². The summed E-state index contributed by atoms with van der Waals surface area (Å²) in [5.74, 6) is 0.437. The molecular formula is C15H23NO2. The highest BCUT2D eigenvalue weighted by Crippen LogP contribution is 2.19. The molecular weight excluding hydrogens is 226 g/mol. The molecule has 0 aromatic heterocycles. The Balaban J connectivity index is 2.75. The van der Waals surface area contributed by atoms with Crippen LogP contribution in [0.1, 0.15) is 37.8 Å². The molecule has 100 valence electrons. The third-order valence-electron chi connectivity index (χ3n) is 3.08. The fourth-order valence-corrected chi connectivity index (χ4v) is 1.92. The van der Waals surface area contributed by atoms with Crippen LogP contribution in [0.15, 0.2) is 24.3 Å². The molecule has 0 unspecified atom stereocenters. The van der Waals surface area contributed by atoms with Crippen molar-refractivity contribution in [3.05, 3.63) is 35.4 Å². The zero-order chi connectivity index (χ0) is 13.7. The van der Waals surface area contributed by atoms with Crippen molar-refractivity contribution in [3.8, 4) is 0 Å². The third kappa shape index (κ3) is 3.84. The molecule has 0 spiro atoms. The van der Waals surface area contributed by atoms with Crippen LogP contribution in [0.2, 0.25) is 0 Å². The Morgan fingerprint density at radius 2 is 1.78 bits per heavy atom. The number of hydrogen-bond acceptors (Lipinski definition) is 2. The molecule has 0 N–H and O–H groups in total. The second-order valence-corrected chi connectivity index (χ2v) is 5.08. The lowest BCUT2D eigenvalue weighted by atomic mass is 9.96. The molecule has 3 heteroatoms. The molecule has 18 heavy (non-hydrogen) atoms. The Bertz CT molecular complexity index is 384. The van der Waals surface area contributed by atoms with Crippen LogP contribution >= 0.6 is 0 Å². The summed E-state index contributed by atoms with van der Waals surface area (Å²) in [5, 5.41) is 1.27. The van der Waals surface area contributed by atoms with Crippen molar-refractivity contribution in [2.24, 2.45) is 5.92 Å². The Kier molecular flexibility index (Phi) is 5.35. The lowest BCUT2D eigenvalue weighted by Crippen LogP contribution is -2.29. The number of rotatable bonds is 5. The lowest BCUT2D eigenvalue weighted by Gasteiger charge is -2.19. The second-order valence-electron chi connectivity index (χ2n) is 5.08. The van der Waals surface area contributed by atoms with Crippen molar-refractivity contribution in [1.82, 2.24) is 5.06 Å². The van der Waals surface area contributed by atoms with Crippen molar-refractivity contribution < 1.29 is 9.63 Å². The zero-order valence-corrected chi connectivity index (χ0v) is 11.9. The summed E-state index contributed by atoms with van der Waals surface area (Å²) in [6, 6.07) is 8.27. The summed E-state index contributed by atoms with van der Waals surface area (Å²) in [6.07, 6.45) is 1.07. The van der Waals surface area contributed by atoms with E-state index in [1.807, 2.05) is 19.1 Å². The van der Waals surface area contributed by atoms with Gasteiger partial charge < -0.3 is 0 Å². The number of carbonyl (C=O) groups excluding carboxylic acids is 1. The maximum atomic E-state index is 11.9. The van der Waals surface area contributed by atoms with E-state index in [4.69, 9.17) is 4.84 Å². The summed E-state index contributed by atoms with van der Waals surface area (Å²) in [6.45, 7) is 6.30. The Hall–Kier alpha value is -1.35. The van der Waals surface area contributed by atoms with Crippen LogP contribution in [0, 0.1) is 5.92 Å². The smallest absolute Gasteiger partial charge is 0.253 e. The van der Waals surface area contributed by atoms with E-state index in [0.717, 1.165) is 12.0 Å². The van der Waals surface area contributed by atoms with Crippen molar-refractivity contribution in [2.75, 3.05) is 14.2 Å². The van der Waals surface area contributed by atoms with Crippen molar-refractivity contribution in [3.63, 3.8) is 0 Å². The molecule has 0 aliphatic carbocycles. The normalized spacial score (nSPS) is 12.6. The highest BCUT2D eigenvalue weighted by Gasteiger charge is 2.19. The lowest BCUT2D eigenvalue weighted by molar-refractivity contribution is -0.170. The molecule has 0 aliphatic heterocycles. The van der Waals surface area contributed by atoms with Crippen LogP contribution in [0.4, 0.5) is 0 Å². The first-order valence-corrected chi connectivity index (χ1v) is 6.36. The van der Waals surface area contributed by atoms with Crippen LogP contribution < -0.4 is 0 Å². The minimum absolute atomic E-state index is 0.0332. The number of hydroxylamine groups is 2. The van der Waals surface area contributed by atoms with Gasteiger partial charge in [-0.15, -0.1) is 0 Å². The van der Waals surface area contributed by atoms with Crippen LogP contribution in [0.3, 0.4) is 0 Å². The van der Waals surface area contributed by atoms with Gasteiger partial charge >= 0.3 is 0 Å². The average Bonchev–Trinajstić information content (AvgIpc) is 2.36. The van der Waals surface area contributed by atoms with E-state index in [1.54, 1.807) is 7.05 Å². The van der Waals surface area contributed by atoms with Gasteiger partial charge in [-0.25, -0.2) is 5.06 Å². The van der Waals surface area contributed by atoms with E-state index in [0.29, 0.717) is 5.92 Å². The minimum Gasteiger partial charge on any atom is -0.275 e. The maximum absolute atomic E-state index is 11.9. The highest BCUT2D eigenvalue weighted by atomic mass is 16.7. The average molecular weight is 249 g/mol. The van der Waals surface area contributed by atoms with Crippen molar-refractivity contribution in [2.45, 2.75) is 33.1 Å². The largest absolute Gasteiger partial charge is 0.275 e. The van der Waals surface area contributed by atoms with Gasteiger partial charge in [0.15, 0.2) is 0 Å². The Morgan fingerprint density at radius 1 is 1.22 bits per heavy atom. The number of carbonyl (C=O) groups is 1. The molecule has 0 radical (unpaired) electrons. The highest BCUT2D eigenvalue weighted by molar-refractivity contribution is 5.82.